The van der Waals surface area contributed by atoms with Crippen LogP contribution >= 0.6 is 0 Å². The summed E-state index contributed by atoms with van der Waals surface area (Å²) in [4.78, 5) is 31.3. The van der Waals surface area contributed by atoms with Gasteiger partial charge in [0.05, 0.1) is 0 Å². The van der Waals surface area contributed by atoms with Crippen molar-refractivity contribution >= 4 is 11.7 Å². The number of aromatic nitrogens is 2. The molecular weight excluding hydrogens is 220 g/mol. The minimum absolute atomic E-state index is 0.0350. The second-order valence-electron chi connectivity index (χ2n) is 3.93. The molecule has 0 radical (unpaired) electrons. The van der Waals surface area contributed by atoms with Crippen molar-refractivity contribution in [3.8, 4) is 0 Å². The van der Waals surface area contributed by atoms with Gasteiger partial charge in [0, 0.05) is 19.7 Å². The molecule has 0 aliphatic rings. The third kappa shape index (κ3) is 3.58. The lowest BCUT2D eigenvalue weighted by Crippen LogP contribution is -2.39. The molecule has 1 rings (SSSR count). The first-order valence-electron chi connectivity index (χ1n) is 5.53. The van der Waals surface area contributed by atoms with Crippen LogP contribution in [0.5, 0.6) is 0 Å². The Morgan fingerprint density at radius 3 is 2.82 bits per heavy atom. The Morgan fingerprint density at radius 2 is 2.29 bits per heavy atom. The van der Waals surface area contributed by atoms with Crippen LogP contribution in [0.4, 0.5) is 5.82 Å². The molecule has 0 fully saturated rings. The minimum Gasteiger partial charge on any atom is -0.358 e. The number of carbonyl (C=O) groups is 1. The maximum atomic E-state index is 11.8. The number of H-pyrrole nitrogens is 1. The number of nitrogens with one attached hydrogen (secondary N) is 2. The summed E-state index contributed by atoms with van der Waals surface area (Å²) in [7, 11) is 1.73. The Bertz CT molecular complexity index is 455. The molecule has 0 saturated heterocycles. The number of hydrogen-bond donors (Lipinski definition) is 2. The molecule has 0 bridgehead atoms. The van der Waals surface area contributed by atoms with Crippen LogP contribution < -0.4 is 10.9 Å². The Labute approximate surface area is 100 Å². The van der Waals surface area contributed by atoms with E-state index < -0.39 is 6.04 Å². The van der Waals surface area contributed by atoms with Crippen molar-refractivity contribution in [1.29, 1.82) is 0 Å². The third-order valence-electron chi connectivity index (χ3n) is 2.45. The van der Waals surface area contributed by atoms with Crippen LogP contribution in [0.15, 0.2) is 10.9 Å². The van der Waals surface area contributed by atoms with Gasteiger partial charge in [-0.1, -0.05) is 0 Å². The molecule has 0 aromatic carbocycles. The van der Waals surface area contributed by atoms with E-state index in [0.29, 0.717) is 18.2 Å². The monoisotopic (exact) mass is 238 g/mol. The van der Waals surface area contributed by atoms with Crippen molar-refractivity contribution in [2.24, 2.45) is 0 Å². The Hall–Kier alpha value is -1.85. The van der Waals surface area contributed by atoms with Crippen molar-refractivity contribution in [3.63, 3.8) is 0 Å². The molecule has 0 aliphatic carbocycles. The van der Waals surface area contributed by atoms with Gasteiger partial charge in [0.25, 0.3) is 5.56 Å². The van der Waals surface area contributed by atoms with Crippen molar-refractivity contribution < 1.29 is 4.79 Å². The zero-order chi connectivity index (χ0) is 13.0. The fraction of sp³-hybridized carbons (Fsp3) is 0.545. The van der Waals surface area contributed by atoms with E-state index in [1.807, 2.05) is 6.92 Å². The quantitative estimate of drug-likeness (QED) is 0.793. The first kappa shape index (κ1) is 13.2. The van der Waals surface area contributed by atoms with E-state index in [4.69, 9.17) is 0 Å². The zero-order valence-corrected chi connectivity index (χ0v) is 10.6. The highest BCUT2D eigenvalue weighted by Crippen LogP contribution is 2.03. The summed E-state index contributed by atoms with van der Waals surface area (Å²) in [5, 5.41) is 2.92. The molecule has 1 unspecified atom stereocenters. The van der Waals surface area contributed by atoms with Crippen LogP contribution in [0.1, 0.15) is 19.7 Å². The van der Waals surface area contributed by atoms with E-state index in [9.17, 15) is 9.59 Å². The number of aryl methyl sites for hydroxylation is 1. The number of aromatic amines is 1. The largest absolute Gasteiger partial charge is 0.358 e. The molecule has 0 aliphatic heterocycles. The molecular formula is C11H18N4O2. The van der Waals surface area contributed by atoms with E-state index >= 15 is 0 Å². The zero-order valence-electron chi connectivity index (χ0n) is 10.6. The normalized spacial score (nSPS) is 12.0. The number of carbonyl (C=O) groups excluding carboxylic acids is 1. The maximum absolute atomic E-state index is 11.8. The van der Waals surface area contributed by atoms with Crippen LogP contribution in [0.2, 0.25) is 0 Å². The number of amides is 1. The molecule has 6 heteroatoms. The van der Waals surface area contributed by atoms with E-state index in [1.54, 1.807) is 25.8 Å². The standard InChI is InChI=1S/C11H18N4O2/c1-5-15(4)11(17)7(2)12-9-6-10(16)14-8(3)13-9/h6-7H,5H2,1-4H3,(H2,12,13,14,16). The van der Waals surface area contributed by atoms with Gasteiger partial charge < -0.3 is 15.2 Å². The summed E-state index contributed by atoms with van der Waals surface area (Å²) in [6.45, 7) is 5.98. The fourth-order valence-corrected chi connectivity index (χ4v) is 1.42. The SMILES string of the molecule is CCN(C)C(=O)C(C)Nc1cc(=O)[nH]c(C)n1. The van der Waals surface area contributed by atoms with Gasteiger partial charge >= 0.3 is 0 Å². The molecule has 0 saturated carbocycles. The van der Waals surface area contributed by atoms with Gasteiger partial charge in [-0.3, -0.25) is 9.59 Å². The molecule has 17 heavy (non-hydrogen) atoms. The summed E-state index contributed by atoms with van der Waals surface area (Å²) in [5.41, 5.74) is -0.233. The molecule has 94 valence electrons. The lowest BCUT2D eigenvalue weighted by atomic mass is 10.3. The van der Waals surface area contributed by atoms with Crippen molar-refractivity contribution in [2.75, 3.05) is 18.9 Å². The summed E-state index contributed by atoms with van der Waals surface area (Å²) in [6.07, 6.45) is 0. The van der Waals surface area contributed by atoms with Crippen molar-refractivity contribution in [2.45, 2.75) is 26.8 Å². The molecule has 0 spiro atoms. The Morgan fingerprint density at radius 1 is 1.65 bits per heavy atom. The second-order valence-corrected chi connectivity index (χ2v) is 3.93. The number of anilines is 1. The van der Waals surface area contributed by atoms with Crippen LogP contribution in [0, 0.1) is 6.92 Å². The smallest absolute Gasteiger partial charge is 0.252 e. The van der Waals surface area contributed by atoms with Crippen LogP contribution in [-0.4, -0.2) is 40.4 Å². The Balaban J connectivity index is 2.77. The van der Waals surface area contributed by atoms with Crippen molar-refractivity contribution in [1.82, 2.24) is 14.9 Å². The lowest BCUT2D eigenvalue weighted by Gasteiger charge is -2.20. The first-order chi connectivity index (χ1) is 7.93. The van der Waals surface area contributed by atoms with Gasteiger partial charge in [-0.15, -0.1) is 0 Å². The summed E-state index contributed by atoms with van der Waals surface area (Å²) in [6, 6.07) is 0.927. The van der Waals surface area contributed by atoms with E-state index in [0.717, 1.165) is 0 Å². The summed E-state index contributed by atoms with van der Waals surface area (Å²) < 4.78 is 0. The molecule has 1 aromatic heterocycles. The maximum Gasteiger partial charge on any atom is 0.252 e. The van der Waals surface area contributed by atoms with Gasteiger partial charge in [0.15, 0.2) is 0 Å². The lowest BCUT2D eigenvalue weighted by molar-refractivity contribution is -0.130. The van der Waals surface area contributed by atoms with Gasteiger partial charge in [-0.25, -0.2) is 4.98 Å². The average molecular weight is 238 g/mol. The highest BCUT2D eigenvalue weighted by molar-refractivity contribution is 5.83. The number of likely N-dealkylation sites (N-methyl/N-ethyl adjacent to an activating group) is 1. The molecule has 6 nitrogen and oxygen atoms in total. The molecule has 1 amide bonds. The second kappa shape index (κ2) is 5.47. The third-order valence-corrected chi connectivity index (χ3v) is 2.45. The van der Waals surface area contributed by atoms with E-state index in [-0.39, 0.29) is 11.5 Å². The van der Waals surface area contributed by atoms with Crippen molar-refractivity contribution in [3.05, 3.63) is 22.2 Å². The summed E-state index contributed by atoms with van der Waals surface area (Å²) in [5.74, 6) is 0.896. The number of hydrogen-bond acceptors (Lipinski definition) is 4. The van der Waals surface area contributed by atoms with Gasteiger partial charge in [0.2, 0.25) is 5.91 Å². The Kier molecular flexibility index (Phi) is 4.25. The first-order valence-corrected chi connectivity index (χ1v) is 5.53. The molecule has 1 aromatic rings. The molecule has 1 heterocycles. The number of nitrogens with zero attached hydrogens (tertiary/aromatic N) is 2. The highest BCUT2D eigenvalue weighted by Gasteiger charge is 2.16. The van der Waals surface area contributed by atoms with E-state index in [1.165, 1.54) is 6.07 Å². The predicted octanol–water partition coefficient (Wildman–Crippen LogP) is 0.357. The predicted molar refractivity (Wildman–Crippen MR) is 66.0 cm³/mol. The van der Waals surface area contributed by atoms with Crippen LogP contribution in [0.3, 0.4) is 0 Å². The summed E-state index contributed by atoms with van der Waals surface area (Å²) >= 11 is 0. The topological polar surface area (TPSA) is 78.1 Å². The highest BCUT2D eigenvalue weighted by atomic mass is 16.2. The molecule has 1 atom stereocenters. The fourth-order valence-electron chi connectivity index (χ4n) is 1.42. The van der Waals surface area contributed by atoms with Gasteiger partial charge in [0.1, 0.15) is 17.7 Å². The van der Waals surface area contributed by atoms with Gasteiger partial charge in [-0.2, -0.15) is 0 Å². The average Bonchev–Trinajstić information content (AvgIpc) is 2.25. The minimum atomic E-state index is -0.409. The molecule has 2 N–H and O–H groups in total. The van der Waals surface area contributed by atoms with Gasteiger partial charge in [-0.05, 0) is 20.8 Å². The van der Waals surface area contributed by atoms with Crippen LogP contribution in [-0.2, 0) is 4.79 Å². The number of rotatable bonds is 4. The van der Waals surface area contributed by atoms with Crippen LogP contribution in [0.25, 0.3) is 0 Å². The van der Waals surface area contributed by atoms with E-state index in [2.05, 4.69) is 15.3 Å².